The number of carbonyl (C=O) groups excluding carboxylic acids is 1. The lowest BCUT2D eigenvalue weighted by molar-refractivity contribution is 0.0950. The van der Waals surface area contributed by atoms with Gasteiger partial charge in [0.05, 0.1) is 5.71 Å². The molecule has 0 spiro atoms. The van der Waals surface area contributed by atoms with Gasteiger partial charge < -0.3 is 0 Å². The predicted molar refractivity (Wildman–Crippen MR) is 87.9 cm³/mol. The molecular formula is C18H15N3O. The molecule has 0 aliphatic heterocycles. The number of benzene rings is 2. The Morgan fingerprint density at radius 3 is 2.55 bits per heavy atom. The van der Waals surface area contributed by atoms with Crippen LogP contribution in [0.25, 0.3) is 10.8 Å². The molecule has 3 rings (SSSR count). The number of nitrogens with one attached hydrogen (secondary N) is 1. The van der Waals surface area contributed by atoms with Crippen LogP contribution in [-0.4, -0.2) is 16.6 Å². The zero-order valence-corrected chi connectivity index (χ0v) is 12.2. The Balaban J connectivity index is 1.80. The first kappa shape index (κ1) is 13.9. The molecule has 0 radical (unpaired) electrons. The Kier molecular flexibility index (Phi) is 3.92. The normalized spacial score (nSPS) is 11.4. The van der Waals surface area contributed by atoms with E-state index in [1.165, 1.54) is 5.39 Å². The molecule has 0 bridgehead atoms. The highest BCUT2D eigenvalue weighted by Crippen LogP contribution is 2.16. The molecule has 1 aromatic heterocycles. The summed E-state index contributed by atoms with van der Waals surface area (Å²) in [6.07, 6.45) is 1.58. The third kappa shape index (κ3) is 3.01. The van der Waals surface area contributed by atoms with Crippen LogP contribution >= 0.6 is 0 Å². The van der Waals surface area contributed by atoms with Crippen LogP contribution < -0.4 is 5.43 Å². The summed E-state index contributed by atoms with van der Waals surface area (Å²) in [4.78, 5) is 15.9. The van der Waals surface area contributed by atoms with Gasteiger partial charge in [-0.15, -0.1) is 0 Å². The Morgan fingerprint density at radius 2 is 1.77 bits per heavy atom. The summed E-state index contributed by atoms with van der Waals surface area (Å²) in [6, 6.07) is 19.4. The van der Waals surface area contributed by atoms with Gasteiger partial charge in [-0.2, -0.15) is 5.10 Å². The molecule has 0 saturated heterocycles. The third-order valence-corrected chi connectivity index (χ3v) is 3.39. The molecule has 0 unspecified atom stereocenters. The molecule has 3 aromatic rings. The number of amides is 1. The van der Waals surface area contributed by atoms with E-state index in [-0.39, 0.29) is 5.91 Å². The van der Waals surface area contributed by atoms with Gasteiger partial charge in [0.1, 0.15) is 5.69 Å². The number of hydrogen-bond acceptors (Lipinski definition) is 3. The smallest absolute Gasteiger partial charge is 0.266 e. The number of hydrazone groups is 1. The van der Waals surface area contributed by atoms with Crippen LogP contribution in [-0.2, 0) is 0 Å². The van der Waals surface area contributed by atoms with Crippen LogP contribution in [0.4, 0.5) is 0 Å². The van der Waals surface area contributed by atoms with Gasteiger partial charge >= 0.3 is 0 Å². The van der Waals surface area contributed by atoms with E-state index in [1.54, 1.807) is 24.4 Å². The first-order valence-electron chi connectivity index (χ1n) is 6.99. The van der Waals surface area contributed by atoms with Gasteiger partial charge in [-0.3, -0.25) is 9.78 Å². The highest BCUT2D eigenvalue weighted by Gasteiger charge is 2.05. The van der Waals surface area contributed by atoms with Gasteiger partial charge in [-0.05, 0) is 41.5 Å². The van der Waals surface area contributed by atoms with Crippen molar-refractivity contribution in [3.8, 4) is 0 Å². The molecule has 0 saturated carbocycles. The maximum Gasteiger partial charge on any atom is 0.289 e. The van der Waals surface area contributed by atoms with E-state index in [2.05, 4.69) is 33.7 Å². The largest absolute Gasteiger partial charge is 0.289 e. The van der Waals surface area contributed by atoms with E-state index in [1.807, 2.05) is 31.2 Å². The number of carbonyl (C=O) groups is 1. The fourth-order valence-electron chi connectivity index (χ4n) is 2.17. The van der Waals surface area contributed by atoms with E-state index in [9.17, 15) is 4.79 Å². The van der Waals surface area contributed by atoms with Gasteiger partial charge in [-0.25, -0.2) is 5.43 Å². The van der Waals surface area contributed by atoms with E-state index < -0.39 is 0 Å². The zero-order valence-electron chi connectivity index (χ0n) is 12.2. The van der Waals surface area contributed by atoms with Crippen molar-refractivity contribution in [2.24, 2.45) is 5.10 Å². The molecule has 1 N–H and O–H groups in total. The second-order valence-corrected chi connectivity index (χ2v) is 4.92. The Bertz CT molecular complexity index is 841. The zero-order chi connectivity index (χ0) is 15.4. The molecule has 4 nitrogen and oxygen atoms in total. The fourth-order valence-corrected chi connectivity index (χ4v) is 2.17. The van der Waals surface area contributed by atoms with Gasteiger partial charge in [0, 0.05) is 6.20 Å². The second kappa shape index (κ2) is 6.18. The third-order valence-electron chi connectivity index (χ3n) is 3.39. The molecule has 0 aliphatic carbocycles. The van der Waals surface area contributed by atoms with E-state index >= 15 is 0 Å². The average molecular weight is 289 g/mol. The first-order valence-corrected chi connectivity index (χ1v) is 6.99. The average Bonchev–Trinajstić information content (AvgIpc) is 2.59. The van der Waals surface area contributed by atoms with Crippen molar-refractivity contribution < 1.29 is 4.79 Å². The van der Waals surface area contributed by atoms with Gasteiger partial charge in [-0.1, -0.05) is 42.5 Å². The summed E-state index contributed by atoms with van der Waals surface area (Å²) in [5, 5.41) is 6.48. The molecule has 0 atom stereocenters. The summed E-state index contributed by atoms with van der Waals surface area (Å²) in [5.74, 6) is -0.319. The molecule has 1 heterocycles. The highest BCUT2D eigenvalue weighted by molar-refractivity contribution is 6.03. The van der Waals surface area contributed by atoms with Crippen molar-refractivity contribution in [1.82, 2.24) is 10.4 Å². The number of nitrogens with zero attached hydrogens (tertiary/aromatic N) is 2. The number of aromatic nitrogens is 1. The highest BCUT2D eigenvalue weighted by atomic mass is 16.2. The monoisotopic (exact) mass is 289 g/mol. The lowest BCUT2D eigenvalue weighted by Gasteiger charge is -2.04. The van der Waals surface area contributed by atoms with Crippen molar-refractivity contribution in [1.29, 1.82) is 0 Å². The number of pyridine rings is 1. The lowest BCUT2D eigenvalue weighted by atomic mass is 10.0. The number of hydrogen-bond donors (Lipinski definition) is 1. The summed E-state index contributed by atoms with van der Waals surface area (Å²) in [6.45, 7) is 1.86. The van der Waals surface area contributed by atoms with Crippen LogP contribution in [0.15, 0.2) is 72.0 Å². The maximum absolute atomic E-state index is 11.9. The summed E-state index contributed by atoms with van der Waals surface area (Å²) < 4.78 is 0. The molecule has 2 aromatic carbocycles. The quantitative estimate of drug-likeness (QED) is 0.593. The SMILES string of the molecule is CC(=NNC(=O)c1ccccn1)c1ccc2ccccc2c1. The van der Waals surface area contributed by atoms with Crippen LogP contribution in [0.5, 0.6) is 0 Å². The van der Waals surface area contributed by atoms with Crippen molar-refractivity contribution in [2.45, 2.75) is 6.92 Å². The number of fused-ring (bicyclic) bond motifs is 1. The topological polar surface area (TPSA) is 54.4 Å². The fraction of sp³-hybridized carbons (Fsp3) is 0.0556. The second-order valence-electron chi connectivity index (χ2n) is 4.92. The molecule has 1 amide bonds. The van der Waals surface area contributed by atoms with E-state index in [0.717, 1.165) is 16.7 Å². The number of rotatable bonds is 3. The van der Waals surface area contributed by atoms with Gasteiger partial charge in [0.2, 0.25) is 0 Å². The molecule has 22 heavy (non-hydrogen) atoms. The van der Waals surface area contributed by atoms with Crippen LogP contribution in [0, 0.1) is 0 Å². The standard InChI is InChI=1S/C18H15N3O/c1-13(20-21-18(22)17-8-4-5-11-19-17)15-10-9-14-6-2-3-7-16(14)12-15/h2-12H,1H3,(H,21,22). The maximum atomic E-state index is 11.9. The van der Waals surface area contributed by atoms with Crippen molar-refractivity contribution in [2.75, 3.05) is 0 Å². The Hall–Kier alpha value is -3.01. The van der Waals surface area contributed by atoms with Crippen LogP contribution in [0.2, 0.25) is 0 Å². The van der Waals surface area contributed by atoms with Gasteiger partial charge in [0.25, 0.3) is 5.91 Å². The Morgan fingerprint density at radius 1 is 1.00 bits per heavy atom. The lowest BCUT2D eigenvalue weighted by Crippen LogP contribution is -2.20. The molecule has 0 fully saturated rings. The van der Waals surface area contributed by atoms with E-state index in [0.29, 0.717) is 5.69 Å². The van der Waals surface area contributed by atoms with E-state index in [4.69, 9.17) is 0 Å². The summed E-state index contributed by atoms with van der Waals surface area (Å²) in [7, 11) is 0. The molecule has 108 valence electrons. The summed E-state index contributed by atoms with van der Waals surface area (Å²) in [5.41, 5.74) is 4.59. The minimum Gasteiger partial charge on any atom is -0.266 e. The van der Waals surface area contributed by atoms with Crippen LogP contribution in [0.3, 0.4) is 0 Å². The Labute approximate surface area is 128 Å². The van der Waals surface area contributed by atoms with Crippen LogP contribution in [0.1, 0.15) is 23.0 Å². The minimum absolute atomic E-state index is 0.319. The molecule has 0 aliphatic rings. The van der Waals surface area contributed by atoms with Crippen molar-refractivity contribution in [3.63, 3.8) is 0 Å². The predicted octanol–water partition coefficient (Wildman–Crippen LogP) is 3.39. The van der Waals surface area contributed by atoms with Crippen molar-refractivity contribution in [3.05, 3.63) is 78.1 Å². The molecular weight excluding hydrogens is 274 g/mol. The minimum atomic E-state index is -0.319. The van der Waals surface area contributed by atoms with Crippen molar-refractivity contribution >= 4 is 22.4 Å². The molecule has 4 heteroatoms. The van der Waals surface area contributed by atoms with Gasteiger partial charge in [0.15, 0.2) is 0 Å². The first-order chi connectivity index (χ1) is 10.7. The summed E-state index contributed by atoms with van der Waals surface area (Å²) >= 11 is 0.